The van der Waals surface area contributed by atoms with Crippen molar-refractivity contribution < 1.29 is 4.79 Å². The molecule has 7 nitrogen and oxygen atoms in total. The molecule has 0 atom stereocenters. The van der Waals surface area contributed by atoms with Gasteiger partial charge in [-0.25, -0.2) is 0 Å². The minimum atomic E-state index is -0.407. The maximum Gasteiger partial charge on any atom is 0.297 e. The van der Waals surface area contributed by atoms with Crippen LogP contribution in [0.2, 0.25) is 0 Å². The van der Waals surface area contributed by atoms with Gasteiger partial charge in [0.05, 0.1) is 5.75 Å². The van der Waals surface area contributed by atoms with E-state index in [-0.39, 0.29) is 17.2 Å². The summed E-state index contributed by atoms with van der Waals surface area (Å²) in [7, 11) is 0. The second-order valence-electron chi connectivity index (χ2n) is 6.87. The van der Waals surface area contributed by atoms with Crippen LogP contribution in [0.1, 0.15) is 32.0 Å². The average molecular weight is 390 g/mol. The van der Waals surface area contributed by atoms with Crippen molar-refractivity contribution in [1.82, 2.24) is 19.8 Å². The summed E-state index contributed by atoms with van der Waals surface area (Å²) >= 11 is 2.51. The maximum absolute atomic E-state index is 12.5. The van der Waals surface area contributed by atoms with Gasteiger partial charge < -0.3 is 5.32 Å². The molecule has 0 aliphatic rings. The third-order valence-electron chi connectivity index (χ3n) is 3.51. The predicted octanol–water partition coefficient (Wildman–Crippen LogP) is 2.88. The summed E-state index contributed by atoms with van der Waals surface area (Å²) in [6.07, 6.45) is 0. The van der Waals surface area contributed by atoms with E-state index in [0.717, 1.165) is 11.3 Å². The number of anilines is 1. The molecule has 0 aliphatic carbocycles. The summed E-state index contributed by atoms with van der Waals surface area (Å²) in [6, 6.07) is 7.61. The van der Waals surface area contributed by atoms with E-state index in [9.17, 15) is 9.59 Å². The summed E-state index contributed by atoms with van der Waals surface area (Å²) in [5.74, 6) is 0.0656. The van der Waals surface area contributed by atoms with Crippen molar-refractivity contribution in [2.75, 3.05) is 11.1 Å². The largest absolute Gasteiger partial charge is 0.325 e. The highest BCUT2D eigenvalue weighted by atomic mass is 32.2. The van der Waals surface area contributed by atoms with E-state index < -0.39 is 5.41 Å². The van der Waals surface area contributed by atoms with Crippen LogP contribution >= 0.6 is 23.1 Å². The van der Waals surface area contributed by atoms with Crippen LogP contribution in [0.3, 0.4) is 0 Å². The van der Waals surface area contributed by atoms with E-state index in [0.29, 0.717) is 15.0 Å². The summed E-state index contributed by atoms with van der Waals surface area (Å²) < 4.78 is 1.86. The summed E-state index contributed by atoms with van der Waals surface area (Å²) in [5.41, 5.74) is 1.53. The fourth-order valence-corrected chi connectivity index (χ4v) is 3.95. The Hall–Kier alpha value is -2.26. The number of amides is 1. The van der Waals surface area contributed by atoms with E-state index in [1.54, 1.807) is 0 Å². The van der Waals surface area contributed by atoms with Gasteiger partial charge in [0.2, 0.25) is 10.9 Å². The normalized spacial score (nSPS) is 11.7. The number of nitrogens with one attached hydrogen (secondary N) is 1. The molecule has 9 heteroatoms. The molecule has 0 saturated heterocycles. The van der Waals surface area contributed by atoms with E-state index >= 15 is 0 Å². The number of fused-ring (bicyclic) bond motifs is 1. The standard InChI is InChI=1S/C17H19N5O2S2/c1-10-6-5-7-11(8-10)18-12(23)9-25-16-21-22-14(24)13(17(2,3)4)19-20-15(22)26-16/h5-8H,9H2,1-4H3,(H,18,23). The Labute approximate surface area is 158 Å². The third kappa shape index (κ3) is 4.10. The van der Waals surface area contributed by atoms with Gasteiger partial charge in [0.1, 0.15) is 5.69 Å². The lowest BCUT2D eigenvalue weighted by atomic mass is 9.93. The zero-order valence-electron chi connectivity index (χ0n) is 14.9. The van der Waals surface area contributed by atoms with Gasteiger partial charge in [0, 0.05) is 11.1 Å². The van der Waals surface area contributed by atoms with Crippen molar-refractivity contribution >= 4 is 39.7 Å². The molecule has 0 unspecified atom stereocenters. The minimum Gasteiger partial charge on any atom is -0.325 e. The van der Waals surface area contributed by atoms with Gasteiger partial charge in [-0.1, -0.05) is 56.0 Å². The fraction of sp³-hybridized carbons (Fsp3) is 0.353. The van der Waals surface area contributed by atoms with Crippen molar-refractivity contribution in [3.05, 3.63) is 45.9 Å². The molecule has 0 spiro atoms. The number of carbonyl (C=O) groups excluding carboxylic acids is 1. The fourth-order valence-electron chi connectivity index (χ4n) is 2.27. The summed E-state index contributed by atoms with van der Waals surface area (Å²) in [5, 5.41) is 15.3. The van der Waals surface area contributed by atoms with Crippen LogP contribution < -0.4 is 10.9 Å². The summed E-state index contributed by atoms with van der Waals surface area (Å²) in [6.45, 7) is 7.68. The molecule has 0 saturated carbocycles. The number of hydrogen-bond donors (Lipinski definition) is 1. The van der Waals surface area contributed by atoms with Crippen molar-refractivity contribution in [1.29, 1.82) is 0 Å². The number of hydrogen-bond acceptors (Lipinski definition) is 7. The van der Waals surface area contributed by atoms with Crippen LogP contribution in [-0.4, -0.2) is 31.5 Å². The molecule has 0 aliphatic heterocycles. The molecular weight excluding hydrogens is 370 g/mol. The molecule has 1 N–H and O–H groups in total. The average Bonchev–Trinajstić information content (AvgIpc) is 2.96. The zero-order chi connectivity index (χ0) is 18.9. The van der Waals surface area contributed by atoms with Crippen LogP contribution in [0.4, 0.5) is 5.69 Å². The third-order valence-corrected chi connectivity index (χ3v) is 5.54. The molecule has 136 valence electrons. The Bertz CT molecular complexity index is 1020. The SMILES string of the molecule is Cc1cccc(NC(=O)CSc2nn3c(=O)c(C(C)(C)C)nnc3s2)c1. The van der Waals surface area contributed by atoms with E-state index in [1.807, 2.05) is 52.0 Å². The predicted molar refractivity (Wildman–Crippen MR) is 104 cm³/mol. The molecule has 3 rings (SSSR count). The van der Waals surface area contributed by atoms with Crippen molar-refractivity contribution in [3.8, 4) is 0 Å². The second kappa shape index (κ2) is 7.16. The topological polar surface area (TPSA) is 89.3 Å². The van der Waals surface area contributed by atoms with Crippen molar-refractivity contribution in [2.45, 2.75) is 37.4 Å². The molecule has 0 bridgehead atoms. The molecule has 1 amide bonds. The molecule has 0 radical (unpaired) electrons. The first-order valence-corrected chi connectivity index (χ1v) is 9.80. The highest BCUT2D eigenvalue weighted by Crippen LogP contribution is 2.24. The van der Waals surface area contributed by atoms with E-state index in [2.05, 4.69) is 20.6 Å². The van der Waals surface area contributed by atoms with Crippen LogP contribution in [-0.2, 0) is 10.2 Å². The highest BCUT2D eigenvalue weighted by Gasteiger charge is 2.23. The molecule has 2 aromatic heterocycles. The lowest BCUT2D eigenvalue weighted by Crippen LogP contribution is -2.30. The Kier molecular flexibility index (Phi) is 5.10. The number of aromatic nitrogens is 4. The molecule has 26 heavy (non-hydrogen) atoms. The minimum absolute atomic E-state index is 0.131. The number of rotatable bonds is 4. The van der Waals surface area contributed by atoms with Crippen LogP contribution in [0.25, 0.3) is 4.96 Å². The molecule has 0 fully saturated rings. The van der Waals surface area contributed by atoms with Crippen molar-refractivity contribution in [3.63, 3.8) is 0 Å². The monoisotopic (exact) mass is 389 g/mol. The Balaban J connectivity index is 1.72. The van der Waals surface area contributed by atoms with Crippen molar-refractivity contribution in [2.24, 2.45) is 0 Å². The van der Waals surface area contributed by atoms with Crippen LogP contribution in [0.5, 0.6) is 0 Å². The van der Waals surface area contributed by atoms with E-state index in [1.165, 1.54) is 27.6 Å². The number of carbonyl (C=O) groups is 1. The van der Waals surface area contributed by atoms with Gasteiger partial charge in [-0.15, -0.1) is 15.3 Å². The lowest BCUT2D eigenvalue weighted by molar-refractivity contribution is -0.113. The van der Waals surface area contributed by atoms with Gasteiger partial charge in [0.25, 0.3) is 5.56 Å². The molecule has 1 aromatic carbocycles. The second-order valence-corrected chi connectivity index (χ2v) is 9.05. The van der Waals surface area contributed by atoms with Crippen LogP contribution in [0.15, 0.2) is 33.4 Å². The van der Waals surface area contributed by atoms with Gasteiger partial charge >= 0.3 is 0 Å². The highest BCUT2D eigenvalue weighted by molar-refractivity contribution is 8.01. The summed E-state index contributed by atoms with van der Waals surface area (Å²) in [4.78, 5) is 25.0. The van der Waals surface area contributed by atoms with Crippen LogP contribution in [0, 0.1) is 6.92 Å². The lowest BCUT2D eigenvalue weighted by Gasteiger charge is -2.14. The number of thioether (sulfide) groups is 1. The first-order chi connectivity index (χ1) is 12.2. The van der Waals surface area contributed by atoms with E-state index in [4.69, 9.17) is 0 Å². The zero-order valence-corrected chi connectivity index (χ0v) is 16.6. The Morgan fingerprint density at radius 1 is 1.31 bits per heavy atom. The van der Waals surface area contributed by atoms with Gasteiger partial charge in [-0.2, -0.15) is 4.52 Å². The molecule has 3 aromatic rings. The maximum atomic E-state index is 12.5. The Morgan fingerprint density at radius 2 is 2.08 bits per heavy atom. The molecular formula is C17H19N5O2S2. The Morgan fingerprint density at radius 3 is 2.77 bits per heavy atom. The number of benzene rings is 1. The first kappa shape index (κ1) is 18.5. The van der Waals surface area contributed by atoms with Gasteiger partial charge in [-0.05, 0) is 24.6 Å². The van der Waals surface area contributed by atoms with Gasteiger partial charge in [-0.3, -0.25) is 9.59 Å². The quantitative estimate of drug-likeness (QED) is 0.690. The smallest absolute Gasteiger partial charge is 0.297 e. The number of nitrogens with zero attached hydrogens (tertiary/aromatic N) is 4. The van der Waals surface area contributed by atoms with Gasteiger partial charge in [0.15, 0.2) is 4.34 Å². The molecule has 2 heterocycles. The first-order valence-electron chi connectivity index (χ1n) is 8.00. The number of aryl methyl sites for hydroxylation is 1.